The van der Waals surface area contributed by atoms with Crippen LogP contribution in [0.4, 0.5) is 0 Å². The number of carboxylic acid groups (broad SMARTS) is 7. The van der Waals surface area contributed by atoms with Crippen LogP contribution in [-0.2, 0) is 59.2 Å². The Morgan fingerprint density at radius 3 is 1.26 bits per heavy atom. The van der Waals surface area contributed by atoms with Crippen molar-refractivity contribution in [3.05, 3.63) is 69.3 Å². The van der Waals surface area contributed by atoms with Gasteiger partial charge in [0.1, 0.15) is 0 Å². The van der Waals surface area contributed by atoms with Gasteiger partial charge in [-0.2, -0.15) is 0 Å². The topological polar surface area (TPSA) is 321 Å². The fourth-order valence-corrected chi connectivity index (χ4v) is 7.29. The summed E-state index contributed by atoms with van der Waals surface area (Å²) in [5.41, 5.74) is 4.78. The number of rotatable bonds is 18. The third kappa shape index (κ3) is 9.77. The van der Waals surface area contributed by atoms with E-state index in [1.807, 2.05) is 0 Å². The molecule has 5 heterocycles. The largest absolute Gasteiger partial charge is 0.481 e. The minimum atomic E-state index is -1.28. The molecule has 298 valence electrons. The highest BCUT2D eigenvalue weighted by molar-refractivity contribution is 5.99. The van der Waals surface area contributed by atoms with Gasteiger partial charge in [-0.3, -0.25) is 33.6 Å². The van der Waals surface area contributed by atoms with Crippen LogP contribution < -0.4 is 9.97 Å². The van der Waals surface area contributed by atoms with Gasteiger partial charge in [-0.15, -0.1) is 0 Å². The second-order valence-electron chi connectivity index (χ2n) is 13.6. The van der Waals surface area contributed by atoms with Gasteiger partial charge in [0.2, 0.25) is 22.8 Å². The molecule has 2 aliphatic heterocycles. The van der Waals surface area contributed by atoms with E-state index in [4.69, 9.17) is 0 Å². The van der Waals surface area contributed by atoms with Crippen molar-refractivity contribution in [2.24, 2.45) is 0 Å². The van der Waals surface area contributed by atoms with E-state index in [9.17, 15) is 69.3 Å². The van der Waals surface area contributed by atoms with E-state index in [-0.39, 0.29) is 88.5 Å². The molecule has 0 radical (unpaired) electrons. The third-order valence-electron chi connectivity index (χ3n) is 9.80. The summed E-state index contributed by atoms with van der Waals surface area (Å²) < 4.78 is 0. The van der Waals surface area contributed by atoms with Crippen LogP contribution in [0, 0.1) is 0 Å². The summed E-state index contributed by atoms with van der Waals surface area (Å²) in [4.78, 5) is 96.7. The third-order valence-corrected chi connectivity index (χ3v) is 9.80. The molecule has 57 heavy (non-hydrogen) atoms. The second kappa shape index (κ2) is 17.1. The Balaban J connectivity index is 2.05. The number of aryl methyl sites for hydroxylation is 2. The molecule has 3 aromatic heterocycles. The lowest BCUT2D eigenvalue weighted by atomic mass is 9.96. The van der Waals surface area contributed by atoms with Crippen LogP contribution in [0.3, 0.4) is 0 Å². The zero-order valence-corrected chi connectivity index (χ0v) is 30.6. The Hall–Kier alpha value is -7.11. The van der Waals surface area contributed by atoms with Crippen molar-refractivity contribution in [1.82, 2.24) is 9.97 Å². The molecule has 5 rings (SSSR count). The Kier molecular flexibility index (Phi) is 12.3. The second-order valence-corrected chi connectivity index (χ2v) is 13.6. The van der Waals surface area contributed by atoms with Gasteiger partial charge in [-0.05, 0) is 60.9 Å². The number of aromatic nitrogens is 4. The van der Waals surface area contributed by atoms with E-state index >= 15 is 0 Å². The number of aliphatic carboxylic acids is 7. The van der Waals surface area contributed by atoms with Gasteiger partial charge in [0.15, 0.2) is 0 Å². The number of carbonyl (C=O) groups is 7. The normalized spacial score (nSPS) is 12.5. The molecule has 0 amide bonds. The number of hydrogen-bond acceptors (Lipinski definition) is 7. The van der Waals surface area contributed by atoms with Crippen LogP contribution in [0.25, 0.3) is 44.4 Å². The van der Waals surface area contributed by atoms with Gasteiger partial charge in [0.25, 0.3) is 0 Å². The molecule has 0 spiro atoms. The molecule has 0 unspecified atom stereocenters. The molecule has 0 aliphatic carbocycles. The van der Waals surface area contributed by atoms with Crippen molar-refractivity contribution < 1.29 is 79.3 Å². The first-order chi connectivity index (χ1) is 26.9. The van der Waals surface area contributed by atoms with Crippen molar-refractivity contribution in [2.45, 2.75) is 77.6 Å². The van der Waals surface area contributed by atoms with E-state index < -0.39 is 73.9 Å². The summed E-state index contributed by atoms with van der Waals surface area (Å²) in [7, 11) is 0. The summed E-state index contributed by atoms with van der Waals surface area (Å²) in [5.74, 6) is -8.36. The summed E-state index contributed by atoms with van der Waals surface area (Å²) in [5, 5.41) is 68.5. The fourth-order valence-electron chi connectivity index (χ4n) is 7.29. The average molecular weight is 789 g/mol. The standard InChI is InChI=1S/C39H38N4O14/c1-17-18(2-6-33(44)45)26-14-30-23(11-38(54)55)20(4-8-35(48)49)28(42-30)16-32-24(12-39(56)57)21(5-9-36(50)51)29(43-32)15-31-22(10-37(52)53)19(3-7-34(46)47)27(41-31)13-25(17)40-26/h13-16,42-43H,2-12H2,1H3,(H,44,45)(H,46,47)(H,48,49)(H,50,51)(H,52,53)(H,54,55)(H,56,57)/p+2. The molecular formula is C39H40N4O14+2. The van der Waals surface area contributed by atoms with Crippen LogP contribution in [0.5, 0.6) is 0 Å². The Morgan fingerprint density at radius 2 is 0.789 bits per heavy atom. The highest BCUT2D eigenvalue weighted by Crippen LogP contribution is 2.37. The van der Waals surface area contributed by atoms with Crippen molar-refractivity contribution >= 4 is 86.1 Å². The SMILES string of the molecule is CC1=C(CCC(=O)O)c2cc3[nH]c(cc4[nH]c(cc5[nH+]c(cc1[nH+]2)C(CCC(=O)O)=C5CC(=O)O)c(CCC(=O)O)c4CC(=O)O)c(CCC(=O)O)c3CC(=O)O. The molecule has 3 aromatic rings. The molecule has 2 aliphatic rings. The van der Waals surface area contributed by atoms with E-state index in [0.29, 0.717) is 39.4 Å². The predicted octanol–water partition coefficient (Wildman–Crippen LogP) is 3.49. The number of hydrogen-bond donors (Lipinski definition) is 9. The lowest BCUT2D eigenvalue weighted by Crippen LogP contribution is -2.11. The first-order valence-electron chi connectivity index (χ1n) is 17.8. The zero-order chi connectivity index (χ0) is 41.7. The number of carboxylic acids is 7. The van der Waals surface area contributed by atoms with Crippen LogP contribution in [0.15, 0.2) is 24.3 Å². The monoisotopic (exact) mass is 788 g/mol. The summed E-state index contributed by atoms with van der Waals surface area (Å²) in [6.45, 7) is 1.72. The van der Waals surface area contributed by atoms with Gasteiger partial charge >= 0.3 is 41.8 Å². The van der Waals surface area contributed by atoms with Gasteiger partial charge in [0.05, 0.1) is 25.3 Å². The molecule has 18 heteroatoms. The van der Waals surface area contributed by atoms with Crippen molar-refractivity contribution in [3.8, 4) is 0 Å². The maximum absolute atomic E-state index is 12.3. The highest BCUT2D eigenvalue weighted by atomic mass is 16.4. The summed E-state index contributed by atoms with van der Waals surface area (Å²) in [6, 6.07) is 6.16. The number of aromatic amines is 4. The maximum atomic E-state index is 12.3. The number of allylic oxidation sites excluding steroid dienone is 3. The molecule has 0 saturated heterocycles. The number of H-pyrrole nitrogens is 4. The molecule has 11 N–H and O–H groups in total. The molecule has 8 bridgehead atoms. The number of fused-ring (bicyclic) bond motifs is 8. The first-order valence-corrected chi connectivity index (χ1v) is 17.8. The Morgan fingerprint density at radius 1 is 0.421 bits per heavy atom. The average Bonchev–Trinajstić information content (AvgIpc) is 3.77. The van der Waals surface area contributed by atoms with E-state index in [0.717, 1.165) is 0 Å². The van der Waals surface area contributed by atoms with Crippen LogP contribution in [-0.4, -0.2) is 87.5 Å². The fraction of sp³-hybridized carbons (Fsp3) is 0.308. The Labute approximate surface area is 321 Å². The zero-order valence-electron chi connectivity index (χ0n) is 30.6. The van der Waals surface area contributed by atoms with Gasteiger partial charge in [-0.1, -0.05) is 0 Å². The summed E-state index contributed by atoms with van der Waals surface area (Å²) >= 11 is 0. The summed E-state index contributed by atoms with van der Waals surface area (Å²) in [6.07, 6.45) is -3.62. The molecule has 0 aromatic carbocycles. The van der Waals surface area contributed by atoms with Crippen LogP contribution >= 0.6 is 0 Å². The van der Waals surface area contributed by atoms with Crippen LogP contribution in [0.1, 0.15) is 96.9 Å². The lowest BCUT2D eigenvalue weighted by molar-refractivity contribution is -0.388. The number of nitrogens with one attached hydrogen (secondary N) is 4. The highest BCUT2D eigenvalue weighted by Gasteiger charge is 2.32. The smallest absolute Gasteiger partial charge is 0.308 e. The van der Waals surface area contributed by atoms with Crippen molar-refractivity contribution in [2.75, 3.05) is 0 Å². The molecule has 18 nitrogen and oxygen atoms in total. The van der Waals surface area contributed by atoms with Crippen LogP contribution in [0.2, 0.25) is 0 Å². The first kappa shape index (κ1) is 41.1. The van der Waals surface area contributed by atoms with Gasteiger partial charge < -0.3 is 45.7 Å². The minimum absolute atomic E-state index is 0.0275. The molecule has 0 atom stereocenters. The van der Waals surface area contributed by atoms with Gasteiger partial charge in [-0.25, -0.2) is 9.97 Å². The molecule has 0 saturated carbocycles. The lowest BCUT2D eigenvalue weighted by Gasteiger charge is -2.03. The van der Waals surface area contributed by atoms with Crippen molar-refractivity contribution in [1.29, 1.82) is 0 Å². The molecule has 0 fully saturated rings. The van der Waals surface area contributed by atoms with E-state index in [1.54, 1.807) is 19.1 Å². The molecular weight excluding hydrogens is 748 g/mol. The predicted molar refractivity (Wildman–Crippen MR) is 198 cm³/mol. The quantitative estimate of drug-likeness (QED) is 0.0891. The van der Waals surface area contributed by atoms with E-state index in [2.05, 4.69) is 19.9 Å². The Bertz CT molecular complexity index is 2470. The minimum Gasteiger partial charge on any atom is -0.481 e. The van der Waals surface area contributed by atoms with Gasteiger partial charge in [0, 0.05) is 82.2 Å². The maximum Gasteiger partial charge on any atom is 0.308 e. The van der Waals surface area contributed by atoms with E-state index in [1.165, 1.54) is 12.1 Å². The van der Waals surface area contributed by atoms with Crippen molar-refractivity contribution in [3.63, 3.8) is 0 Å².